The van der Waals surface area contributed by atoms with Crippen molar-refractivity contribution in [3.05, 3.63) is 59.7 Å². The van der Waals surface area contributed by atoms with Crippen LogP contribution in [0.1, 0.15) is 23.7 Å². The second-order valence-corrected chi connectivity index (χ2v) is 7.86. The molecule has 4 nitrogen and oxygen atoms in total. The Labute approximate surface area is 148 Å². The first kappa shape index (κ1) is 17.4. The molecule has 126 valence electrons. The van der Waals surface area contributed by atoms with Crippen molar-refractivity contribution in [2.45, 2.75) is 29.6 Å². The first-order valence-electron chi connectivity index (χ1n) is 7.70. The standard InChI is InChI=1S/C18H19NO3S2/c20-10-12-5-7-13(8-6-12)16(22)9-14(21)11-23-18-19-15-3-1-2-4-17(15)24-18/h1-8,14,16,20-22H,9-11H2. The van der Waals surface area contributed by atoms with Gasteiger partial charge in [0, 0.05) is 12.2 Å². The van der Waals surface area contributed by atoms with Gasteiger partial charge >= 0.3 is 0 Å². The molecule has 0 bridgehead atoms. The van der Waals surface area contributed by atoms with Gasteiger partial charge in [0.05, 0.1) is 29.0 Å². The summed E-state index contributed by atoms with van der Waals surface area (Å²) < 4.78 is 2.07. The number of aliphatic hydroxyl groups excluding tert-OH is 3. The Hall–Kier alpha value is -1.44. The van der Waals surface area contributed by atoms with Crippen LogP contribution < -0.4 is 0 Å². The zero-order valence-corrected chi connectivity index (χ0v) is 14.6. The summed E-state index contributed by atoms with van der Waals surface area (Å²) in [5.41, 5.74) is 2.53. The normalized spacial score (nSPS) is 14.0. The fraction of sp³-hybridized carbons (Fsp3) is 0.278. The molecule has 0 saturated carbocycles. The molecule has 0 amide bonds. The van der Waals surface area contributed by atoms with Gasteiger partial charge in [0.1, 0.15) is 0 Å². The monoisotopic (exact) mass is 361 g/mol. The highest BCUT2D eigenvalue weighted by Gasteiger charge is 2.15. The molecule has 1 aromatic heterocycles. The smallest absolute Gasteiger partial charge is 0.151 e. The summed E-state index contributed by atoms with van der Waals surface area (Å²) in [6.45, 7) is -0.0161. The zero-order valence-electron chi connectivity index (χ0n) is 13.0. The van der Waals surface area contributed by atoms with E-state index in [1.165, 1.54) is 11.8 Å². The van der Waals surface area contributed by atoms with Crippen molar-refractivity contribution >= 4 is 33.3 Å². The van der Waals surface area contributed by atoms with Crippen molar-refractivity contribution in [2.24, 2.45) is 0 Å². The lowest BCUT2D eigenvalue weighted by atomic mass is 10.0. The Bertz CT molecular complexity index is 755. The van der Waals surface area contributed by atoms with Crippen LogP contribution in [0.2, 0.25) is 0 Å². The summed E-state index contributed by atoms with van der Waals surface area (Å²) in [6, 6.07) is 15.1. The summed E-state index contributed by atoms with van der Waals surface area (Å²) in [7, 11) is 0. The second kappa shape index (κ2) is 8.09. The average Bonchev–Trinajstić information content (AvgIpc) is 3.03. The van der Waals surface area contributed by atoms with E-state index in [2.05, 4.69) is 4.98 Å². The van der Waals surface area contributed by atoms with E-state index in [-0.39, 0.29) is 13.0 Å². The van der Waals surface area contributed by atoms with Crippen molar-refractivity contribution in [2.75, 3.05) is 5.75 Å². The molecular formula is C18H19NO3S2. The third-order valence-corrected chi connectivity index (χ3v) is 6.04. The van der Waals surface area contributed by atoms with Gasteiger partial charge in [0.15, 0.2) is 4.34 Å². The van der Waals surface area contributed by atoms with E-state index >= 15 is 0 Å². The number of aromatic nitrogens is 1. The minimum Gasteiger partial charge on any atom is -0.392 e. The largest absolute Gasteiger partial charge is 0.392 e. The minimum absolute atomic E-state index is 0.0161. The van der Waals surface area contributed by atoms with Gasteiger partial charge < -0.3 is 15.3 Å². The van der Waals surface area contributed by atoms with Crippen molar-refractivity contribution < 1.29 is 15.3 Å². The second-order valence-electron chi connectivity index (χ2n) is 5.56. The van der Waals surface area contributed by atoms with Crippen molar-refractivity contribution in [1.82, 2.24) is 4.98 Å². The van der Waals surface area contributed by atoms with Gasteiger partial charge in [0.2, 0.25) is 0 Å². The number of fused-ring (bicyclic) bond motifs is 1. The Morgan fingerprint density at radius 1 is 1.04 bits per heavy atom. The summed E-state index contributed by atoms with van der Waals surface area (Å²) in [5, 5.41) is 29.4. The van der Waals surface area contributed by atoms with Crippen LogP contribution in [-0.4, -0.2) is 32.2 Å². The highest BCUT2D eigenvalue weighted by molar-refractivity contribution is 8.01. The molecule has 2 aromatic carbocycles. The summed E-state index contributed by atoms with van der Waals surface area (Å²) >= 11 is 3.12. The van der Waals surface area contributed by atoms with E-state index in [9.17, 15) is 10.2 Å². The molecule has 6 heteroatoms. The lowest BCUT2D eigenvalue weighted by Gasteiger charge is -2.15. The fourth-order valence-corrected chi connectivity index (χ4v) is 4.43. The minimum atomic E-state index is -0.719. The molecule has 0 fully saturated rings. The zero-order chi connectivity index (χ0) is 16.9. The first-order valence-corrected chi connectivity index (χ1v) is 9.50. The Morgan fingerprint density at radius 3 is 2.50 bits per heavy atom. The predicted octanol–water partition coefficient (Wildman–Crippen LogP) is 3.37. The lowest BCUT2D eigenvalue weighted by Crippen LogP contribution is -2.14. The molecule has 0 spiro atoms. The fourth-order valence-electron chi connectivity index (χ4n) is 2.39. The van der Waals surface area contributed by atoms with Crippen molar-refractivity contribution in [1.29, 1.82) is 0 Å². The van der Waals surface area contributed by atoms with E-state index in [1.807, 2.05) is 24.3 Å². The quantitative estimate of drug-likeness (QED) is 0.563. The van der Waals surface area contributed by atoms with Crippen LogP contribution in [0, 0.1) is 0 Å². The number of hydrogen-bond acceptors (Lipinski definition) is 6. The molecular weight excluding hydrogens is 342 g/mol. The van der Waals surface area contributed by atoms with Crippen LogP contribution in [0.5, 0.6) is 0 Å². The van der Waals surface area contributed by atoms with Crippen LogP contribution in [0.4, 0.5) is 0 Å². The molecule has 3 N–H and O–H groups in total. The highest BCUT2D eigenvalue weighted by atomic mass is 32.2. The lowest BCUT2D eigenvalue weighted by molar-refractivity contribution is 0.0931. The molecule has 0 aliphatic rings. The van der Waals surface area contributed by atoms with Gasteiger partial charge in [-0.1, -0.05) is 48.2 Å². The van der Waals surface area contributed by atoms with E-state index in [4.69, 9.17) is 5.11 Å². The molecule has 24 heavy (non-hydrogen) atoms. The van der Waals surface area contributed by atoms with Gasteiger partial charge in [-0.15, -0.1) is 11.3 Å². The molecule has 3 rings (SSSR count). The third kappa shape index (κ3) is 4.34. The first-order chi connectivity index (χ1) is 11.7. The number of thiazole rings is 1. The van der Waals surface area contributed by atoms with E-state index in [0.29, 0.717) is 5.75 Å². The molecule has 0 radical (unpaired) electrons. The Morgan fingerprint density at radius 2 is 1.79 bits per heavy atom. The number of nitrogens with zero attached hydrogens (tertiary/aromatic N) is 1. The van der Waals surface area contributed by atoms with Crippen LogP contribution in [0.15, 0.2) is 52.9 Å². The van der Waals surface area contributed by atoms with E-state index < -0.39 is 12.2 Å². The predicted molar refractivity (Wildman–Crippen MR) is 98.3 cm³/mol. The Balaban J connectivity index is 1.53. The van der Waals surface area contributed by atoms with E-state index in [1.54, 1.807) is 35.6 Å². The molecule has 2 atom stereocenters. The van der Waals surface area contributed by atoms with Crippen LogP contribution in [0.3, 0.4) is 0 Å². The molecule has 0 aliphatic heterocycles. The number of para-hydroxylation sites is 1. The van der Waals surface area contributed by atoms with Gasteiger partial charge in [0.25, 0.3) is 0 Å². The molecule has 0 aliphatic carbocycles. The van der Waals surface area contributed by atoms with Gasteiger partial charge in [-0.3, -0.25) is 0 Å². The average molecular weight is 361 g/mol. The van der Waals surface area contributed by atoms with E-state index in [0.717, 1.165) is 25.7 Å². The maximum Gasteiger partial charge on any atom is 0.151 e. The van der Waals surface area contributed by atoms with Crippen molar-refractivity contribution in [3.63, 3.8) is 0 Å². The van der Waals surface area contributed by atoms with Gasteiger partial charge in [-0.25, -0.2) is 4.98 Å². The maximum atomic E-state index is 10.2. The van der Waals surface area contributed by atoms with Gasteiger partial charge in [-0.05, 0) is 23.3 Å². The summed E-state index contributed by atoms with van der Waals surface area (Å²) in [4.78, 5) is 4.53. The van der Waals surface area contributed by atoms with Crippen LogP contribution in [0.25, 0.3) is 10.2 Å². The Kier molecular flexibility index (Phi) is 5.86. The highest BCUT2D eigenvalue weighted by Crippen LogP contribution is 2.30. The topological polar surface area (TPSA) is 73.6 Å². The van der Waals surface area contributed by atoms with Crippen LogP contribution in [-0.2, 0) is 6.61 Å². The van der Waals surface area contributed by atoms with Crippen LogP contribution >= 0.6 is 23.1 Å². The number of thioether (sulfide) groups is 1. The summed E-state index contributed by atoms with van der Waals surface area (Å²) in [6.07, 6.45) is -1.06. The molecule has 1 heterocycles. The van der Waals surface area contributed by atoms with Gasteiger partial charge in [-0.2, -0.15) is 0 Å². The SMILES string of the molecule is OCc1ccc(C(O)CC(O)CSc2nc3ccccc3s2)cc1. The molecule has 3 aromatic rings. The van der Waals surface area contributed by atoms with Crippen molar-refractivity contribution in [3.8, 4) is 0 Å². The number of benzene rings is 2. The maximum absolute atomic E-state index is 10.2. The number of rotatable bonds is 7. The molecule has 2 unspecified atom stereocenters. The molecule has 0 saturated heterocycles. The number of hydrogen-bond donors (Lipinski definition) is 3. The number of aliphatic hydroxyl groups is 3. The third-order valence-electron chi connectivity index (χ3n) is 3.72. The summed E-state index contributed by atoms with van der Waals surface area (Å²) in [5.74, 6) is 0.492.